The van der Waals surface area contributed by atoms with E-state index in [1.807, 2.05) is 0 Å². The van der Waals surface area contributed by atoms with E-state index in [0.717, 1.165) is 11.0 Å². The Morgan fingerprint density at radius 1 is 0.850 bits per heavy atom. The molecule has 20 heavy (non-hydrogen) atoms. The number of nitrogen functional groups attached to an aromatic ring is 2. The van der Waals surface area contributed by atoms with E-state index in [9.17, 15) is 14.0 Å². The zero-order valence-electron chi connectivity index (χ0n) is 10.3. The Kier molecular flexibility index (Phi) is 2.47. The van der Waals surface area contributed by atoms with Crippen molar-refractivity contribution in [2.75, 3.05) is 16.4 Å². The van der Waals surface area contributed by atoms with Crippen molar-refractivity contribution in [3.05, 3.63) is 53.3 Å². The Morgan fingerprint density at radius 2 is 1.45 bits per heavy atom. The quantitative estimate of drug-likeness (QED) is 0.611. The molecular formula is C14H10FN3O2. The minimum atomic E-state index is -0.729. The van der Waals surface area contributed by atoms with Crippen LogP contribution in [0.5, 0.6) is 0 Å². The average molecular weight is 271 g/mol. The third kappa shape index (κ3) is 1.62. The largest absolute Gasteiger partial charge is 0.399 e. The number of amides is 2. The van der Waals surface area contributed by atoms with Crippen LogP contribution >= 0.6 is 0 Å². The Hall–Kier alpha value is -2.89. The van der Waals surface area contributed by atoms with Gasteiger partial charge < -0.3 is 11.5 Å². The fourth-order valence-corrected chi connectivity index (χ4v) is 2.18. The van der Waals surface area contributed by atoms with Gasteiger partial charge in [0.25, 0.3) is 11.8 Å². The number of hydrogen-bond donors (Lipinski definition) is 2. The lowest BCUT2D eigenvalue weighted by atomic mass is 10.1. The topological polar surface area (TPSA) is 89.4 Å². The number of carbonyl (C=O) groups is 2. The average Bonchev–Trinajstić information content (AvgIpc) is 2.63. The summed E-state index contributed by atoms with van der Waals surface area (Å²) >= 11 is 0. The van der Waals surface area contributed by atoms with Crippen molar-refractivity contribution < 1.29 is 14.0 Å². The molecule has 1 heterocycles. The van der Waals surface area contributed by atoms with E-state index in [1.165, 1.54) is 30.3 Å². The van der Waals surface area contributed by atoms with Gasteiger partial charge in [0.2, 0.25) is 0 Å². The number of hydrogen-bond acceptors (Lipinski definition) is 4. The zero-order chi connectivity index (χ0) is 14.4. The summed E-state index contributed by atoms with van der Waals surface area (Å²) in [5.41, 5.74) is 11.9. The monoisotopic (exact) mass is 271 g/mol. The molecule has 3 rings (SSSR count). The van der Waals surface area contributed by atoms with E-state index in [4.69, 9.17) is 11.5 Å². The van der Waals surface area contributed by atoms with Gasteiger partial charge in [-0.3, -0.25) is 9.59 Å². The Morgan fingerprint density at radius 3 is 2.15 bits per heavy atom. The third-order valence-electron chi connectivity index (χ3n) is 3.12. The van der Waals surface area contributed by atoms with Gasteiger partial charge in [0.15, 0.2) is 0 Å². The summed E-state index contributed by atoms with van der Waals surface area (Å²) in [7, 11) is 0. The van der Waals surface area contributed by atoms with Crippen LogP contribution in [0, 0.1) is 5.82 Å². The molecule has 0 atom stereocenters. The SMILES string of the molecule is Nc1ccc(N2C(=O)c3ccc(N)cc3C2=O)c(F)c1. The van der Waals surface area contributed by atoms with Crippen LogP contribution in [-0.2, 0) is 0 Å². The van der Waals surface area contributed by atoms with E-state index in [-0.39, 0.29) is 22.5 Å². The number of nitrogens with two attached hydrogens (primary N) is 2. The highest BCUT2D eigenvalue weighted by Crippen LogP contribution is 2.31. The maximum atomic E-state index is 13.9. The van der Waals surface area contributed by atoms with Crippen LogP contribution in [0.15, 0.2) is 36.4 Å². The fourth-order valence-electron chi connectivity index (χ4n) is 2.18. The van der Waals surface area contributed by atoms with Gasteiger partial charge in [-0.15, -0.1) is 0 Å². The normalized spacial score (nSPS) is 13.8. The van der Waals surface area contributed by atoms with E-state index in [2.05, 4.69) is 0 Å². The molecular weight excluding hydrogens is 261 g/mol. The first-order valence-corrected chi connectivity index (χ1v) is 5.82. The van der Waals surface area contributed by atoms with Crippen molar-refractivity contribution in [2.24, 2.45) is 0 Å². The van der Waals surface area contributed by atoms with Crippen molar-refractivity contribution in [1.29, 1.82) is 0 Å². The van der Waals surface area contributed by atoms with E-state index < -0.39 is 17.6 Å². The van der Waals surface area contributed by atoms with Gasteiger partial charge in [0.05, 0.1) is 16.8 Å². The lowest BCUT2D eigenvalue weighted by Gasteiger charge is -2.14. The van der Waals surface area contributed by atoms with Crippen molar-refractivity contribution >= 4 is 28.9 Å². The molecule has 0 aliphatic carbocycles. The van der Waals surface area contributed by atoms with Gasteiger partial charge in [-0.25, -0.2) is 9.29 Å². The maximum absolute atomic E-state index is 13.9. The number of anilines is 3. The van der Waals surface area contributed by atoms with Crippen LogP contribution in [0.1, 0.15) is 20.7 Å². The Labute approximate surface area is 113 Å². The highest BCUT2D eigenvalue weighted by atomic mass is 19.1. The number of nitrogens with zero attached hydrogens (tertiary/aromatic N) is 1. The summed E-state index contributed by atoms with van der Waals surface area (Å²) in [6, 6.07) is 8.18. The van der Waals surface area contributed by atoms with Gasteiger partial charge in [0, 0.05) is 11.4 Å². The molecule has 0 saturated heterocycles. The lowest BCUT2D eigenvalue weighted by Crippen LogP contribution is -2.30. The molecule has 2 aromatic rings. The number of carbonyl (C=O) groups excluding carboxylic acids is 2. The summed E-state index contributed by atoms with van der Waals surface area (Å²) in [5.74, 6) is -1.90. The van der Waals surface area contributed by atoms with Gasteiger partial charge in [-0.1, -0.05) is 0 Å². The number of fused-ring (bicyclic) bond motifs is 1. The number of benzene rings is 2. The number of halogens is 1. The molecule has 2 amide bonds. The third-order valence-corrected chi connectivity index (χ3v) is 3.12. The van der Waals surface area contributed by atoms with Gasteiger partial charge in [-0.2, -0.15) is 0 Å². The molecule has 1 aliphatic heterocycles. The molecule has 0 bridgehead atoms. The van der Waals surface area contributed by atoms with Crippen molar-refractivity contribution in [3.63, 3.8) is 0 Å². The van der Waals surface area contributed by atoms with Gasteiger partial charge in [-0.05, 0) is 36.4 Å². The first-order chi connectivity index (χ1) is 9.49. The summed E-state index contributed by atoms with van der Waals surface area (Å²) in [5, 5.41) is 0. The Bertz CT molecular complexity index is 758. The van der Waals surface area contributed by atoms with Crippen molar-refractivity contribution in [2.45, 2.75) is 0 Å². The summed E-state index contributed by atoms with van der Waals surface area (Å²) in [4.78, 5) is 25.3. The van der Waals surface area contributed by atoms with Crippen LogP contribution in [0.3, 0.4) is 0 Å². The summed E-state index contributed by atoms with van der Waals surface area (Å²) in [6.07, 6.45) is 0. The zero-order valence-corrected chi connectivity index (χ0v) is 10.3. The summed E-state index contributed by atoms with van der Waals surface area (Å²) in [6.45, 7) is 0. The second-order valence-electron chi connectivity index (χ2n) is 4.46. The fraction of sp³-hybridized carbons (Fsp3) is 0. The molecule has 0 saturated carbocycles. The smallest absolute Gasteiger partial charge is 0.266 e. The minimum absolute atomic E-state index is 0.121. The molecule has 6 heteroatoms. The van der Waals surface area contributed by atoms with Crippen LogP contribution in [0.25, 0.3) is 0 Å². The predicted molar refractivity (Wildman–Crippen MR) is 72.8 cm³/mol. The second kappa shape index (κ2) is 4.06. The lowest BCUT2D eigenvalue weighted by molar-refractivity contribution is 0.0925. The predicted octanol–water partition coefficient (Wildman–Crippen LogP) is 1.79. The van der Waals surface area contributed by atoms with Gasteiger partial charge in [0.1, 0.15) is 5.82 Å². The highest BCUT2D eigenvalue weighted by Gasteiger charge is 2.37. The molecule has 0 radical (unpaired) electrons. The molecule has 0 unspecified atom stereocenters. The molecule has 0 spiro atoms. The van der Waals surface area contributed by atoms with E-state index in [1.54, 1.807) is 0 Å². The number of imide groups is 1. The first-order valence-electron chi connectivity index (χ1n) is 5.82. The molecule has 0 aromatic heterocycles. The van der Waals surface area contributed by atoms with Crippen molar-refractivity contribution in [1.82, 2.24) is 0 Å². The molecule has 1 aliphatic rings. The van der Waals surface area contributed by atoms with E-state index in [0.29, 0.717) is 5.69 Å². The van der Waals surface area contributed by atoms with Gasteiger partial charge >= 0.3 is 0 Å². The standard InChI is InChI=1S/C14H10FN3O2/c15-11-6-8(17)2-4-12(11)18-13(19)9-3-1-7(16)5-10(9)14(18)20/h1-6H,16-17H2. The molecule has 5 nitrogen and oxygen atoms in total. The number of rotatable bonds is 1. The second-order valence-corrected chi connectivity index (χ2v) is 4.46. The molecule has 0 fully saturated rings. The maximum Gasteiger partial charge on any atom is 0.266 e. The molecule has 100 valence electrons. The van der Waals surface area contributed by atoms with Crippen LogP contribution in [-0.4, -0.2) is 11.8 Å². The van der Waals surface area contributed by atoms with Crippen LogP contribution in [0.4, 0.5) is 21.5 Å². The van der Waals surface area contributed by atoms with Crippen LogP contribution in [0.2, 0.25) is 0 Å². The van der Waals surface area contributed by atoms with E-state index >= 15 is 0 Å². The Balaban J connectivity index is 2.14. The minimum Gasteiger partial charge on any atom is -0.399 e. The first kappa shape index (κ1) is 12.2. The summed E-state index contributed by atoms with van der Waals surface area (Å²) < 4.78 is 13.9. The van der Waals surface area contributed by atoms with Crippen LogP contribution < -0.4 is 16.4 Å². The van der Waals surface area contributed by atoms with Crippen molar-refractivity contribution in [3.8, 4) is 0 Å². The molecule has 2 aromatic carbocycles. The highest BCUT2D eigenvalue weighted by molar-refractivity contribution is 6.34. The molecule has 4 N–H and O–H groups in total.